The van der Waals surface area contributed by atoms with Gasteiger partial charge in [-0.2, -0.15) is 0 Å². The Morgan fingerprint density at radius 2 is 1.50 bits per heavy atom. The summed E-state index contributed by atoms with van der Waals surface area (Å²) < 4.78 is 50.7. The van der Waals surface area contributed by atoms with E-state index in [4.69, 9.17) is 18.9 Å². The van der Waals surface area contributed by atoms with Crippen molar-refractivity contribution in [3.05, 3.63) is 77.9 Å². The summed E-state index contributed by atoms with van der Waals surface area (Å²) in [4.78, 5) is 13.5. The van der Waals surface area contributed by atoms with E-state index in [1.54, 1.807) is 12.1 Å². The Labute approximate surface area is 233 Å². The first-order valence-electron chi connectivity index (χ1n) is 12.6. The van der Waals surface area contributed by atoms with E-state index in [1.165, 1.54) is 63.8 Å². The van der Waals surface area contributed by atoms with Gasteiger partial charge in [0.15, 0.2) is 11.5 Å². The van der Waals surface area contributed by atoms with Gasteiger partial charge in [-0.1, -0.05) is 24.3 Å². The highest BCUT2D eigenvalue weighted by atomic mass is 32.2. The van der Waals surface area contributed by atoms with Gasteiger partial charge in [0.1, 0.15) is 18.0 Å². The standard InChI is InChI=1S/C30H30N2O7S/c1-36-21-11-14-26(37-2)25(16-21)32(40(34,35)22-12-15-27(38-3)28(17-22)39-4)18-29(33)31-24-13-10-20-9-8-19-6-5-7-23(24)30(19)20/h5-7,10-17H,8-9,18H2,1-4H3,(H,31,33). The van der Waals surface area contributed by atoms with Crippen LogP contribution in [-0.2, 0) is 27.7 Å². The second-order valence-electron chi connectivity index (χ2n) is 9.23. The molecule has 0 spiro atoms. The summed E-state index contributed by atoms with van der Waals surface area (Å²) in [5, 5.41) is 5.00. The minimum atomic E-state index is -4.30. The topological polar surface area (TPSA) is 103 Å². The van der Waals surface area contributed by atoms with Crippen LogP contribution in [0.1, 0.15) is 11.1 Å². The van der Waals surface area contributed by atoms with E-state index < -0.39 is 22.5 Å². The van der Waals surface area contributed by atoms with Gasteiger partial charge in [-0.05, 0) is 59.7 Å². The highest BCUT2D eigenvalue weighted by molar-refractivity contribution is 7.92. The number of nitrogens with one attached hydrogen (secondary N) is 1. The molecule has 5 rings (SSSR count). The Morgan fingerprint density at radius 1 is 0.800 bits per heavy atom. The van der Waals surface area contributed by atoms with Crippen LogP contribution < -0.4 is 28.6 Å². The molecule has 0 unspecified atom stereocenters. The summed E-state index contributed by atoms with van der Waals surface area (Å²) in [6.07, 6.45) is 1.91. The lowest BCUT2D eigenvalue weighted by Gasteiger charge is -2.26. The third-order valence-electron chi connectivity index (χ3n) is 7.04. The van der Waals surface area contributed by atoms with E-state index in [2.05, 4.69) is 11.4 Å². The number of benzene rings is 4. The van der Waals surface area contributed by atoms with Crippen LogP contribution in [0.15, 0.2) is 71.6 Å². The highest BCUT2D eigenvalue weighted by Gasteiger charge is 2.31. The fourth-order valence-corrected chi connectivity index (χ4v) is 6.51. The number of nitrogens with zero attached hydrogens (tertiary/aromatic N) is 1. The molecular weight excluding hydrogens is 532 g/mol. The van der Waals surface area contributed by atoms with Gasteiger partial charge in [-0.25, -0.2) is 8.42 Å². The molecule has 1 aliphatic rings. The number of carbonyl (C=O) groups excluding carboxylic acids is 1. The molecule has 4 aromatic carbocycles. The average molecular weight is 563 g/mol. The van der Waals surface area contributed by atoms with Crippen molar-refractivity contribution in [2.24, 2.45) is 0 Å². The maximum Gasteiger partial charge on any atom is 0.265 e. The van der Waals surface area contributed by atoms with Gasteiger partial charge in [0.05, 0.1) is 39.0 Å². The number of sulfonamides is 1. The van der Waals surface area contributed by atoms with Crippen molar-refractivity contribution in [3.63, 3.8) is 0 Å². The van der Waals surface area contributed by atoms with Crippen LogP contribution in [0.2, 0.25) is 0 Å². The molecule has 208 valence electrons. The highest BCUT2D eigenvalue weighted by Crippen LogP contribution is 2.38. The number of ether oxygens (including phenoxy) is 4. The van der Waals surface area contributed by atoms with Gasteiger partial charge >= 0.3 is 0 Å². The molecule has 40 heavy (non-hydrogen) atoms. The Bertz CT molecular complexity index is 1690. The van der Waals surface area contributed by atoms with Gasteiger partial charge in [0.25, 0.3) is 10.0 Å². The molecule has 0 saturated heterocycles. The third kappa shape index (κ3) is 4.86. The number of hydrogen-bond donors (Lipinski definition) is 1. The molecule has 1 amide bonds. The van der Waals surface area contributed by atoms with Crippen molar-refractivity contribution in [1.82, 2.24) is 0 Å². The number of amides is 1. The Kier molecular flexibility index (Phi) is 7.44. The first kappa shape index (κ1) is 27.1. The molecule has 0 aliphatic heterocycles. The zero-order chi connectivity index (χ0) is 28.4. The van der Waals surface area contributed by atoms with Crippen molar-refractivity contribution < 1.29 is 32.2 Å². The molecule has 0 saturated carbocycles. The number of anilines is 2. The summed E-state index contributed by atoms with van der Waals surface area (Å²) in [6, 6.07) is 18.9. The molecule has 4 aromatic rings. The first-order chi connectivity index (χ1) is 19.3. The maximum absolute atomic E-state index is 14.1. The average Bonchev–Trinajstić information content (AvgIpc) is 3.41. The van der Waals surface area contributed by atoms with Gasteiger partial charge < -0.3 is 24.3 Å². The lowest BCUT2D eigenvalue weighted by Crippen LogP contribution is -2.38. The van der Waals surface area contributed by atoms with Crippen molar-refractivity contribution in [3.8, 4) is 23.0 Å². The lowest BCUT2D eigenvalue weighted by atomic mass is 10.0. The Hall–Kier alpha value is -4.44. The maximum atomic E-state index is 14.1. The third-order valence-corrected chi connectivity index (χ3v) is 8.79. The zero-order valence-corrected chi connectivity index (χ0v) is 23.5. The zero-order valence-electron chi connectivity index (χ0n) is 22.7. The second kappa shape index (κ2) is 11.0. The van der Waals surface area contributed by atoms with E-state index in [9.17, 15) is 13.2 Å². The lowest BCUT2D eigenvalue weighted by molar-refractivity contribution is -0.114. The summed E-state index contributed by atoms with van der Waals surface area (Å²) in [7, 11) is 1.48. The monoisotopic (exact) mass is 562 g/mol. The van der Waals surface area contributed by atoms with Crippen LogP contribution in [0.3, 0.4) is 0 Å². The number of methoxy groups -OCH3 is 4. The van der Waals surface area contributed by atoms with E-state index in [-0.39, 0.29) is 22.1 Å². The largest absolute Gasteiger partial charge is 0.497 e. The first-order valence-corrected chi connectivity index (χ1v) is 14.0. The van der Waals surface area contributed by atoms with Crippen LogP contribution in [0.25, 0.3) is 10.8 Å². The SMILES string of the molecule is COc1ccc(OC)c(N(CC(=O)Nc2ccc3c4c(cccc24)CC3)S(=O)(=O)c2ccc(OC)c(OC)c2)c1. The minimum Gasteiger partial charge on any atom is -0.497 e. The summed E-state index contributed by atoms with van der Waals surface area (Å²) >= 11 is 0. The molecule has 9 nitrogen and oxygen atoms in total. The summed E-state index contributed by atoms with van der Waals surface area (Å²) in [5.74, 6) is 0.738. The predicted octanol–water partition coefficient (Wildman–Crippen LogP) is 4.81. The summed E-state index contributed by atoms with van der Waals surface area (Å²) in [6.45, 7) is -0.525. The van der Waals surface area contributed by atoms with Crippen LogP contribution in [0.5, 0.6) is 23.0 Å². The van der Waals surface area contributed by atoms with E-state index in [0.717, 1.165) is 27.9 Å². The normalized spacial score (nSPS) is 12.2. The van der Waals surface area contributed by atoms with E-state index in [0.29, 0.717) is 17.2 Å². The van der Waals surface area contributed by atoms with Crippen LogP contribution >= 0.6 is 0 Å². The molecule has 0 bridgehead atoms. The van der Waals surface area contributed by atoms with Crippen molar-refractivity contribution in [1.29, 1.82) is 0 Å². The Balaban J connectivity index is 1.57. The van der Waals surface area contributed by atoms with Gasteiger partial charge in [0.2, 0.25) is 5.91 Å². The quantitative estimate of drug-likeness (QED) is 0.296. The predicted molar refractivity (Wildman–Crippen MR) is 154 cm³/mol. The van der Waals surface area contributed by atoms with Gasteiger partial charge in [0, 0.05) is 23.2 Å². The molecule has 0 radical (unpaired) electrons. The van der Waals surface area contributed by atoms with Crippen molar-refractivity contribution >= 4 is 38.1 Å². The van der Waals surface area contributed by atoms with Crippen LogP contribution in [0, 0.1) is 0 Å². The molecule has 0 fully saturated rings. The van der Waals surface area contributed by atoms with Crippen LogP contribution in [-0.4, -0.2) is 49.3 Å². The van der Waals surface area contributed by atoms with Gasteiger partial charge in [-0.3, -0.25) is 9.10 Å². The van der Waals surface area contributed by atoms with Crippen molar-refractivity contribution in [2.75, 3.05) is 44.6 Å². The Morgan fingerprint density at radius 3 is 2.20 bits per heavy atom. The number of rotatable bonds is 10. The van der Waals surface area contributed by atoms with Crippen LogP contribution in [0.4, 0.5) is 11.4 Å². The molecule has 1 aliphatic carbocycles. The molecule has 0 aromatic heterocycles. The minimum absolute atomic E-state index is 0.0897. The fraction of sp³-hybridized carbons (Fsp3) is 0.233. The molecule has 10 heteroatoms. The van der Waals surface area contributed by atoms with Crippen molar-refractivity contribution in [2.45, 2.75) is 17.7 Å². The second-order valence-corrected chi connectivity index (χ2v) is 11.1. The van der Waals surface area contributed by atoms with E-state index in [1.807, 2.05) is 24.3 Å². The fourth-order valence-electron chi connectivity index (χ4n) is 5.07. The number of hydrogen-bond acceptors (Lipinski definition) is 7. The molecule has 0 heterocycles. The molecule has 1 N–H and O–H groups in total. The van der Waals surface area contributed by atoms with Gasteiger partial charge in [-0.15, -0.1) is 0 Å². The number of aryl methyl sites for hydroxylation is 2. The summed E-state index contributed by atoms with van der Waals surface area (Å²) in [5.41, 5.74) is 3.24. The smallest absolute Gasteiger partial charge is 0.265 e. The molecular formula is C30H30N2O7S. The number of carbonyl (C=O) groups is 1. The molecule has 0 atom stereocenters. The van der Waals surface area contributed by atoms with E-state index >= 15 is 0 Å².